The Morgan fingerprint density at radius 3 is 3.24 bits per heavy atom. The molecule has 0 fully saturated rings. The molecule has 110 valence electrons. The molecule has 0 amide bonds. The van der Waals surface area contributed by atoms with Crippen molar-refractivity contribution in [2.24, 2.45) is 5.92 Å². The number of thiophene rings is 1. The summed E-state index contributed by atoms with van der Waals surface area (Å²) in [6.07, 6.45) is 5.46. The van der Waals surface area contributed by atoms with Crippen LogP contribution in [0.25, 0.3) is 0 Å². The third kappa shape index (κ3) is 3.21. The van der Waals surface area contributed by atoms with E-state index in [9.17, 15) is 9.59 Å². The predicted octanol–water partition coefficient (Wildman–Crippen LogP) is 2.66. The zero-order valence-electron chi connectivity index (χ0n) is 11.4. The topological polar surface area (TPSA) is 69.4 Å². The van der Waals surface area contributed by atoms with Gasteiger partial charge in [0, 0.05) is 28.3 Å². The van der Waals surface area contributed by atoms with E-state index in [1.54, 1.807) is 17.5 Å². The quantitative estimate of drug-likeness (QED) is 0.794. The number of aryl methyl sites for hydroxylation is 1. The van der Waals surface area contributed by atoms with E-state index in [4.69, 9.17) is 9.26 Å². The summed E-state index contributed by atoms with van der Waals surface area (Å²) in [6, 6.07) is 1.85. The van der Waals surface area contributed by atoms with Crippen LogP contribution >= 0.6 is 11.3 Å². The summed E-state index contributed by atoms with van der Waals surface area (Å²) in [6.45, 7) is 0.282. The molecule has 6 heteroatoms. The van der Waals surface area contributed by atoms with Gasteiger partial charge in [0.25, 0.3) is 0 Å². The number of nitrogens with zero attached hydrogens (tertiary/aromatic N) is 1. The number of esters is 1. The Balaban J connectivity index is 1.48. The molecule has 0 aliphatic heterocycles. The highest BCUT2D eigenvalue weighted by Gasteiger charge is 2.30. The van der Waals surface area contributed by atoms with Crippen LogP contribution in [-0.2, 0) is 22.4 Å². The maximum atomic E-state index is 12.3. The molecule has 3 rings (SSSR count). The standard InChI is InChI=1S/C15H15NO4S/c17-14(19-5-3-10-8-16-20-9-10)7-11-1-2-13-12(15(11)18)4-6-21-13/h4,6,8-9,11H,1-3,5,7H2. The van der Waals surface area contributed by atoms with Gasteiger partial charge in [-0.2, -0.15) is 0 Å². The minimum absolute atomic E-state index is 0.0773. The van der Waals surface area contributed by atoms with Gasteiger partial charge >= 0.3 is 5.97 Å². The lowest BCUT2D eigenvalue weighted by Crippen LogP contribution is -2.24. The molecule has 0 bridgehead atoms. The van der Waals surface area contributed by atoms with Crippen LogP contribution in [-0.4, -0.2) is 23.5 Å². The van der Waals surface area contributed by atoms with E-state index in [1.165, 1.54) is 6.26 Å². The Kier molecular flexibility index (Phi) is 4.15. The predicted molar refractivity (Wildman–Crippen MR) is 76.2 cm³/mol. The van der Waals surface area contributed by atoms with Crippen LogP contribution in [0.5, 0.6) is 0 Å². The number of rotatable bonds is 5. The fraction of sp³-hybridized carbons (Fsp3) is 0.400. The maximum absolute atomic E-state index is 12.3. The van der Waals surface area contributed by atoms with Gasteiger partial charge in [0.15, 0.2) is 5.78 Å². The van der Waals surface area contributed by atoms with E-state index in [2.05, 4.69) is 5.16 Å². The number of ether oxygens (including phenoxy) is 1. The molecule has 2 heterocycles. The third-order valence-electron chi connectivity index (χ3n) is 3.65. The van der Waals surface area contributed by atoms with Crippen molar-refractivity contribution < 1.29 is 18.8 Å². The van der Waals surface area contributed by atoms with E-state index in [-0.39, 0.29) is 30.7 Å². The normalized spacial score (nSPS) is 17.5. The van der Waals surface area contributed by atoms with Gasteiger partial charge in [-0.1, -0.05) is 5.16 Å². The first kappa shape index (κ1) is 14.0. The summed E-state index contributed by atoms with van der Waals surface area (Å²) >= 11 is 1.61. The van der Waals surface area contributed by atoms with Crippen molar-refractivity contribution in [3.63, 3.8) is 0 Å². The average molecular weight is 305 g/mol. The Hall–Kier alpha value is -1.95. The zero-order chi connectivity index (χ0) is 14.7. The minimum Gasteiger partial charge on any atom is -0.465 e. The van der Waals surface area contributed by atoms with Crippen molar-refractivity contribution in [2.45, 2.75) is 25.7 Å². The van der Waals surface area contributed by atoms with Crippen LogP contribution < -0.4 is 0 Å². The molecule has 2 aromatic rings. The molecule has 0 N–H and O–H groups in total. The highest BCUT2D eigenvalue weighted by molar-refractivity contribution is 7.10. The molecule has 1 aliphatic carbocycles. The zero-order valence-corrected chi connectivity index (χ0v) is 12.2. The van der Waals surface area contributed by atoms with E-state index < -0.39 is 0 Å². The summed E-state index contributed by atoms with van der Waals surface area (Å²) < 4.78 is 9.88. The van der Waals surface area contributed by atoms with Crippen LogP contribution in [0.3, 0.4) is 0 Å². The largest absolute Gasteiger partial charge is 0.465 e. The molecule has 5 nitrogen and oxygen atoms in total. The lowest BCUT2D eigenvalue weighted by molar-refractivity contribution is -0.144. The second-order valence-corrected chi connectivity index (χ2v) is 6.07. The van der Waals surface area contributed by atoms with Crippen molar-refractivity contribution in [1.82, 2.24) is 5.16 Å². The summed E-state index contributed by atoms with van der Waals surface area (Å²) in [7, 11) is 0. The number of hydrogen-bond donors (Lipinski definition) is 0. The third-order valence-corrected chi connectivity index (χ3v) is 4.63. The highest BCUT2D eigenvalue weighted by Crippen LogP contribution is 2.31. The molecule has 0 saturated heterocycles. The fourth-order valence-corrected chi connectivity index (χ4v) is 3.40. The fourth-order valence-electron chi connectivity index (χ4n) is 2.50. The first-order valence-corrected chi connectivity index (χ1v) is 7.76. The Morgan fingerprint density at radius 2 is 2.43 bits per heavy atom. The van der Waals surface area contributed by atoms with Crippen LogP contribution in [0.4, 0.5) is 0 Å². The van der Waals surface area contributed by atoms with Crippen molar-refractivity contribution in [3.8, 4) is 0 Å². The van der Waals surface area contributed by atoms with Crippen molar-refractivity contribution in [3.05, 3.63) is 39.9 Å². The first-order chi connectivity index (χ1) is 10.2. The van der Waals surface area contributed by atoms with Crippen molar-refractivity contribution >= 4 is 23.1 Å². The number of carbonyl (C=O) groups excluding carboxylic acids is 2. The monoisotopic (exact) mass is 305 g/mol. The molecule has 0 saturated carbocycles. The van der Waals surface area contributed by atoms with Crippen LogP contribution in [0.2, 0.25) is 0 Å². The summed E-state index contributed by atoms with van der Waals surface area (Å²) in [4.78, 5) is 25.2. The molecule has 21 heavy (non-hydrogen) atoms. The van der Waals surface area contributed by atoms with Crippen molar-refractivity contribution in [1.29, 1.82) is 0 Å². The van der Waals surface area contributed by atoms with Gasteiger partial charge in [0.05, 0.1) is 19.2 Å². The van der Waals surface area contributed by atoms with Crippen LogP contribution in [0.1, 0.15) is 33.6 Å². The SMILES string of the molecule is O=C(CC1CCc2sccc2C1=O)OCCc1cnoc1. The van der Waals surface area contributed by atoms with Crippen LogP contribution in [0.15, 0.2) is 28.4 Å². The molecular formula is C15H15NO4S. The molecule has 0 radical (unpaired) electrons. The first-order valence-electron chi connectivity index (χ1n) is 6.88. The van der Waals surface area contributed by atoms with Gasteiger partial charge in [0.1, 0.15) is 6.26 Å². The highest BCUT2D eigenvalue weighted by atomic mass is 32.1. The van der Waals surface area contributed by atoms with Gasteiger partial charge in [-0.25, -0.2) is 0 Å². The number of hydrogen-bond acceptors (Lipinski definition) is 6. The molecular weight excluding hydrogens is 290 g/mol. The smallest absolute Gasteiger partial charge is 0.306 e. The second kappa shape index (κ2) is 6.22. The lowest BCUT2D eigenvalue weighted by Gasteiger charge is -2.19. The Labute approximate surface area is 125 Å². The van der Waals surface area contributed by atoms with Gasteiger partial charge in [-0.3, -0.25) is 9.59 Å². The lowest BCUT2D eigenvalue weighted by atomic mass is 9.85. The van der Waals surface area contributed by atoms with Crippen molar-refractivity contribution in [2.75, 3.05) is 6.61 Å². The van der Waals surface area contributed by atoms with Gasteiger partial charge in [-0.05, 0) is 24.3 Å². The van der Waals surface area contributed by atoms with Gasteiger partial charge in [-0.15, -0.1) is 11.3 Å². The molecule has 2 aromatic heterocycles. The summed E-state index contributed by atoms with van der Waals surface area (Å²) in [5.74, 6) is -0.479. The maximum Gasteiger partial charge on any atom is 0.306 e. The van der Waals surface area contributed by atoms with E-state index in [1.807, 2.05) is 11.4 Å². The molecule has 0 spiro atoms. The number of carbonyl (C=O) groups is 2. The number of fused-ring (bicyclic) bond motifs is 1. The Morgan fingerprint density at radius 1 is 1.52 bits per heavy atom. The Bertz CT molecular complexity index is 632. The van der Waals surface area contributed by atoms with Gasteiger partial charge in [0.2, 0.25) is 0 Å². The van der Waals surface area contributed by atoms with E-state index in [0.29, 0.717) is 6.42 Å². The van der Waals surface area contributed by atoms with E-state index in [0.717, 1.165) is 28.8 Å². The molecule has 1 aliphatic rings. The minimum atomic E-state index is -0.316. The molecule has 0 aromatic carbocycles. The van der Waals surface area contributed by atoms with Gasteiger partial charge < -0.3 is 9.26 Å². The summed E-state index contributed by atoms with van der Waals surface area (Å²) in [5.41, 5.74) is 1.67. The second-order valence-electron chi connectivity index (χ2n) is 5.06. The van der Waals surface area contributed by atoms with E-state index >= 15 is 0 Å². The number of Topliss-reactive ketones (excluding diaryl/α,β-unsaturated/α-hetero) is 1. The molecule has 1 unspecified atom stereocenters. The average Bonchev–Trinajstić information content (AvgIpc) is 3.13. The number of aromatic nitrogens is 1. The number of ketones is 1. The van der Waals surface area contributed by atoms with Crippen LogP contribution in [0, 0.1) is 5.92 Å². The molecule has 1 atom stereocenters. The summed E-state index contributed by atoms with van der Waals surface area (Å²) in [5, 5.41) is 5.51.